The highest BCUT2D eigenvalue weighted by molar-refractivity contribution is 5.64. The molecule has 0 radical (unpaired) electrons. The van der Waals surface area contributed by atoms with Crippen LogP contribution in [0.3, 0.4) is 0 Å². The summed E-state index contributed by atoms with van der Waals surface area (Å²) >= 11 is 0. The first-order valence-corrected chi connectivity index (χ1v) is 9.36. The summed E-state index contributed by atoms with van der Waals surface area (Å²) in [5.74, 6) is 0.808. The van der Waals surface area contributed by atoms with Crippen LogP contribution in [0, 0.1) is 11.3 Å². The second-order valence-electron chi connectivity index (χ2n) is 7.31. The zero-order valence-corrected chi connectivity index (χ0v) is 15.4. The number of amides is 1. The highest BCUT2D eigenvalue weighted by atomic mass is 16.5. The van der Waals surface area contributed by atoms with Crippen LogP contribution in [-0.4, -0.2) is 60.3 Å². The van der Waals surface area contributed by atoms with E-state index in [0.717, 1.165) is 56.5 Å². The lowest BCUT2D eigenvalue weighted by Gasteiger charge is -2.40. The first-order chi connectivity index (χ1) is 12.6. The topological polar surface area (TPSA) is 76.8 Å². The number of benzene rings is 1. The molecule has 1 saturated carbocycles. The number of methoxy groups -OCH3 is 1. The van der Waals surface area contributed by atoms with E-state index in [0.29, 0.717) is 19.1 Å². The predicted octanol–water partition coefficient (Wildman–Crippen LogP) is 3.08. The first kappa shape index (κ1) is 18.5. The molecule has 26 heavy (non-hydrogen) atoms. The maximum atomic E-state index is 11.2. The second kappa shape index (κ2) is 7.96. The molecule has 0 spiro atoms. The van der Waals surface area contributed by atoms with Crippen LogP contribution in [0.2, 0.25) is 0 Å². The van der Waals surface area contributed by atoms with E-state index in [1.165, 1.54) is 4.90 Å². The van der Waals surface area contributed by atoms with Gasteiger partial charge in [-0.3, -0.25) is 4.90 Å². The Bertz CT molecular complexity index is 660. The van der Waals surface area contributed by atoms with Crippen molar-refractivity contribution in [2.75, 3.05) is 33.3 Å². The van der Waals surface area contributed by atoms with Crippen LogP contribution < -0.4 is 4.74 Å². The molecule has 1 amide bonds. The Morgan fingerprint density at radius 3 is 2.46 bits per heavy atom. The highest BCUT2D eigenvalue weighted by Crippen LogP contribution is 2.41. The molecular weight excluding hydrogens is 330 g/mol. The van der Waals surface area contributed by atoms with Gasteiger partial charge < -0.3 is 14.7 Å². The van der Waals surface area contributed by atoms with E-state index in [4.69, 9.17) is 4.74 Å². The summed E-state index contributed by atoms with van der Waals surface area (Å²) in [5.41, 5.74) is 0.661. The summed E-state index contributed by atoms with van der Waals surface area (Å²) in [6.07, 6.45) is 3.71. The van der Waals surface area contributed by atoms with Gasteiger partial charge in [0.05, 0.1) is 18.6 Å². The fourth-order valence-electron chi connectivity index (χ4n) is 4.33. The van der Waals surface area contributed by atoms with Crippen molar-refractivity contribution in [2.45, 2.75) is 43.6 Å². The van der Waals surface area contributed by atoms with E-state index in [1.54, 1.807) is 7.11 Å². The van der Waals surface area contributed by atoms with Gasteiger partial charge in [-0.05, 0) is 49.8 Å². The monoisotopic (exact) mass is 357 g/mol. The fourth-order valence-corrected chi connectivity index (χ4v) is 4.33. The average Bonchev–Trinajstić information content (AvgIpc) is 2.94. The van der Waals surface area contributed by atoms with Crippen molar-refractivity contribution in [3.05, 3.63) is 29.8 Å². The van der Waals surface area contributed by atoms with Gasteiger partial charge in [0.25, 0.3) is 0 Å². The fraction of sp³-hybridized carbons (Fsp3) is 0.600. The van der Waals surface area contributed by atoms with Crippen molar-refractivity contribution in [3.8, 4) is 11.8 Å². The molecule has 1 aliphatic carbocycles. The number of hydrogen-bond donors (Lipinski definition) is 1. The van der Waals surface area contributed by atoms with E-state index < -0.39 is 11.5 Å². The molecule has 140 valence electrons. The Hall–Kier alpha value is -2.26. The van der Waals surface area contributed by atoms with Gasteiger partial charge in [0.15, 0.2) is 0 Å². The molecule has 1 saturated heterocycles. The molecular formula is C20H27N3O3. The minimum atomic E-state index is -0.821. The van der Waals surface area contributed by atoms with E-state index in [-0.39, 0.29) is 0 Å². The van der Waals surface area contributed by atoms with Crippen LogP contribution in [-0.2, 0) is 5.41 Å². The van der Waals surface area contributed by atoms with Crippen LogP contribution in [0.25, 0.3) is 0 Å². The van der Waals surface area contributed by atoms with Gasteiger partial charge in [-0.1, -0.05) is 12.1 Å². The number of nitrogens with zero attached hydrogens (tertiary/aromatic N) is 3. The lowest BCUT2D eigenvalue weighted by molar-refractivity contribution is 0.131. The van der Waals surface area contributed by atoms with Crippen LogP contribution in [0.15, 0.2) is 24.3 Å². The first-order valence-electron chi connectivity index (χ1n) is 9.36. The number of carbonyl (C=O) groups is 1. The molecule has 0 unspecified atom stereocenters. The van der Waals surface area contributed by atoms with E-state index in [9.17, 15) is 15.2 Å². The molecule has 1 aromatic carbocycles. The van der Waals surface area contributed by atoms with Gasteiger partial charge >= 0.3 is 6.09 Å². The van der Waals surface area contributed by atoms with Gasteiger partial charge in [-0.25, -0.2) is 4.79 Å². The quantitative estimate of drug-likeness (QED) is 0.899. The van der Waals surface area contributed by atoms with Crippen LogP contribution in [0.1, 0.15) is 37.7 Å². The molecule has 1 N–H and O–H groups in total. The number of ether oxygens (including phenoxy) is 1. The number of nitriles is 1. The number of carboxylic acid groups (broad SMARTS) is 1. The molecule has 0 atom stereocenters. The average molecular weight is 357 g/mol. The molecule has 1 aromatic rings. The largest absolute Gasteiger partial charge is 0.497 e. The van der Waals surface area contributed by atoms with Crippen molar-refractivity contribution >= 4 is 6.09 Å². The Morgan fingerprint density at radius 1 is 1.19 bits per heavy atom. The summed E-state index contributed by atoms with van der Waals surface area (Å²) < 4.78 is 5.22. The maximum absolute atomic E-state index is 11.2. The summed E-state index contributed by atoms with van der Waals surface area (Å²) in [6.45, 7) is 2.93. The molecule has 2 fully saturated rings. The van der Waals surface area contributed by atoms with Gasteiger partial charge in [-0.15, -0.1) is 0 Å². The Balaban J connectivity index is 1.63. The Morgan fingerprint density at radius 2 is 1.88 bits per heavy atom. The van der Waals surface area contributed by atoms with Gasteiger partial charge in [0, 0.05) is 32.2 Å². The van der Waals surface area contributed by atoms with Crippen LogP contribution in [0.4, 0.5) is 4.79 Å². The van der Waals surface area contributed by atoms with Gasteiger partial charge in [-0.2, -0.15) is 5.26 Å². The minimum absolute atomic E-state index is 0.415. The third-order valence-corrected chi connectivity index (χ3v) is 5.98. The zero-order valence-electron chi connectivity index (χ0n) is 15.4. The summed E-state index contributed by atoms with van der Waals surface area (Å²) in [4.78, 5) is 15.1. The molecule has 2 aliphatic rings. The molecule has 1 heterocycles. The number of hydrogen-bond acceptors (Lipinski definition) is 4. The van der Waals surface area contributed by atoms with Crippen molar-refractivity contribution in [1.29, 1.82) is 5.26 Å². The van der Waals surface area contributed by atoms with Gasteiger partial charge in [0.1, 0.15) is 5.75 Å². The third kappa shape index (κ3) is 3.78. The molecule has 0 bridgehead atoms. The van der Waals surface area contributed by atoms with E-state index in [1.807, 2.05) is 24.3 Å². The SMILES string of the molecule is COc1ccc(C2(C#N)CCC(N3CCCN(C(=O)O)CC3)CC2)cc1. The predicted molar refractivity (Wildman–Crippen MR) is 98.3 cm³/mol. The van der Waals surface area contributed by atoms with E-state index in [2.05, 4.69) is 11.0 Å². The van der Waals surface area contributed by atoms with Crippen LogP contribution >= 0.6 is 0 Å². The minimum Gasteiger partial charge on any atom is -0.497 e. The smallest absolute Gasteiger partial charge is 0.407 e. The second-order valence-corrected chi connectivity index (χ2v) is 7.31. The lowest BCUT2D eigenvalue weighted by Crippen LogP contribution is -2.44. The van der Waals surface area contributed by atoms with E-state index >= 15 is 0 Å². The third-order valence-electron chi connectivity index (χ3n) is 5.98. The molecule has 1 aliphatic heterocycles. The molecule has 6 heteroatoms. The zero-order chi connectivity index (χ0) is 18.6. The maximum Gasteiger partial charge on any atom is 0.407 e. The normalized spacial score (nSPS) is 27.4. The summed E-state index contributed by atoms with van der Waals surface area (Å²) in [6, 6.07) is 10.9. The summed E-state index contributed by atoms with van der Waals surface area (Å²) in [5, 5.41) is 19.1. The lowest BCUT2D eigenvalue weighted by atomic mass is 9.69. The standard InChI is InChI=1S/C20H27N3O3/c1-26-18-5-3-16(4-6-18)20(15-21)9-7-17(8-10-20)22-11-2-12-23(14-13-22)19(24)25/h3-6,17H,2,7-14H2,1H3,(H,24,25). The van der Waals surface area contributed by atoms with Gasteiger partial charge in [0.2, 0.25) is 0 Å². The molecule has 3 rings (SSSR count). The van der Waals surface area contributed by atoms with Crippen molar-refractivity contribution in [1.82, 2.24) is 9.80 Å². The molecule has 6 nitrogen and oxygen atoms in total. The van der Waals surface area contributed by atoms with Crippen molar-refractivity contribution in [2.24, 2.45) is 0 Å². The van der Waals surface area contributed by atoms with Crippen molar-refractivity contribution < 1.29 is 14.6 Å². The molecule has 0 aromatic heterocycles. The summed E-state index contributed by atoms with van der Waals surface area (Å²) in [7, 11) is 1.65. The Labute approximate surface area is 155 Å². The Kier molecular flexibility index (Phi) is 5.67. The van der Waals surface area contributed by atoms with Crippen molar-refractivity contribution in [3.63, 3.8) is 0 Å². The highest BCUT2D eigenvalue weighted by Gasteiger charge is 2.39. The van der Waals surface area contributed by atoms with Crippen LogP contribution in [0.5, 0.6) is 5.75 Å². The number of rotatable bonds is 3.